The van der Waals surface area contributed by atoms with Gasteiger partial charge >= 0.3 is 6.18 Å². The van der Waals surface area contributed by atoms with Gasteiger partial charge in [0.2, 0.25) is 0 Å². The van der Waals surface area contributed by atoms with Crippen LogP contribution in [0.5, 0.6) is 0 Å². The summed E-state index contributed by atoms with van der Waals surface area (Å²) in [6.07, 6.45) is -4.61. The van der Waals surface area contributed by atoms with E-state index in [0.717, 1.165) is 12.1 Å². The van der Waals surface area contributed by atoms with Crippen LogP contribution in [0.2, 0.25) is 0 Å². The fourth-order valence-electron chi connectivity index (χ4n) is 1.47. The fraction of sp³-hybridized carbons (Fsp3) is 0.182. The van der Waals surface area contributed by atoms with E-state index in [1.165, 1.54) is 6.92 Å². The summed E-state index contributed by atoms with van der Waals surface area (Å²) in [5.74, 6) is -4.28. The quantitative estimate of drug-likeness (QED) is 0.631. The molecular weight excluding hydrogens is 285 g/mol. The van der Waals surface area contributed by atoms with E-state index in [-0.39, 0.29) is 5.56 Å². The topological polar surface area (TPSA) is 47.8 Å². The molecule has 0 spiro atoms. The number of alkyl halides is 3. The third kappa shape index (κ3) is 2.38. The first-order chi connectivity index (χ1) is 9.21. The summed E-state index contributed by atoms with van der Waals surface area (Å²) in [4.78, 5) is 10.9. The van der Waals surface area contributed by atoms with Gasteiger partial charge in [0.25, 0.3) is 5.78 Å². The Morgan fingerprint density at radius 3 is 2.50 bits per heavy atom. The van der Waals surface area contributed by atoms with Crippen molar-refractivity contribution < 1.29 is 26.7 Å². The molecule has 20 heavy (non-hydrogen) atoms. The van der Waals surface area contributed by atoms with Gasteiger partial charge in [-0.2, -0.15) is 13.2 Å². The minimum atomic E-state index is -5.13. The number of halogens is 5. The maximum Gasteiger partial charge on any atom is 0.456 e. The normalized spacial score (nSPS) is 11.7. The number of benzene rings is 1. The molecule has 2 rings (SSSR count). The standard InChI is InChI=1S/C11H6F5N3O/c1-5-2-3-6(12)9(8(5)13)19-4-7(17-18-19)10(20)11(14,15)16/h2-4H,1H3. The summed E-state index contributed by atoms with van der Waals surface area (Å²) in [5, 5.41) is 6.13. The van der Waals surface area contributed by atoms with Crippen LogP contribution in [0.1, 0.15) is 16.1 Å². The molecule has 0 bridgehead atoms. The van der Waals surface area contributed by atoms with Crippen LogP contribution in [0.3, 0.4) is 0 Å². The zero-order valence-electron chi connectivity index (χ0n) is 9.87. The van der Waals surface area contributed by atoms with E-state index in [0.29, 0.717) is 10.9 Å². The summed E-state index contributed by atoms with van der Waals surface area (Å²) < 4.78 is 64.3. The largest absolute Gasteiger partial charge is 0.456 e. The first-order valence-corrected chi connectivity index (χ1v) is 5.20. The third-order valence-corrected chi connectivity index (χ3v) is 2.47. The van der Waals surface area contributed by atoms with E-state index in [9.17, 15) is 26.7 Å². The lowest BCUT2D eigenvalue weighted by Gasteiger charge is -2.05. The van der Waals surface area contributed by atoms with Gasteiger partial charge in [-0.3, -0.25) is 4.79 Å². The number of aromatic nitrogens is 3. The molecule has 0 amide bonds. The van der Waals surface area contributed by atoms with Crippen molar-refractivity contribution in [2.24, 2.45) is 0 Å². The lowest BCUT2D eigenvalue weighted by atomic mass is 10.2. The summed E-state index contributed by atoms with van der Waals surface area (Å²) in [6, 6.07) is 2.09. The highest BCUT2D eigenvalue weighted by Crippen LogP contribution is 2.23. The van der Waals surface area contributed by atoms with E-state index in [1.54, 1.807) is 0 Å². The number of hydrogen-bond acceptors (Lipinski definition) is 3. The fourth-order valence-corrected chi connectivity index (χ4v) is 1.47. The van der Waals surface area contributed by atoms with Gasteiger partial charge in [0.15, 0.2) is 17.3 Å². The van der Waals surface area contributed by atoms with Crippen LogP contribution in [0.4, 0.5) is 22.0 Å². The SMILES string of the molecule is Cc1ccc(F)c(-n2cc(C(=O)C(F)(F)F)nn2)c1F. The van der Waals surface area contributed by atoms with Crippen molar-refractivity contribution in [3.63, 3.8) is 0 Å². The van der Waals surface area contributed by atoms with Crippen LogP contribution in [-0.4, -0.2) is 27.0 Å². The van der Waals surface area contributed by atoms with Crippen molar-refractivity contribution in [3.05, 3.63) is 41.2 Å². The van der Waals surface area contributed by atoms with Crippen molar-refractivity contribution >= 4 is 5.78 Å². The highest BCUT2D eigenvalue weighted by atomic mass is 19.4. The highest BCUT2D eigenvalue weighted by molar-refractivity contribution is 5.98. The predicted octanol–water partition coefficient (Wildman–Crippen LogP) is 2.60. The average molecular weight is 291 g/mol. The smallest absolute Gasteiger partial charge is 0.282 e. The van der Waals surface area contributed by atoms with Gasteiger partial charge in [-0.1, -0.05) is 11.3 Å². The molecule has 1 aromatic carbocycles. The Hall–Kier alpha value is -2.32. The van der Waals surface area contributed by atoms with E-state index >= 15 is 0 Å². The summed E-state index contributed by atoms with van der Waals surface area (Å²) in [5.41, 5.74) is -1.67. The second-order valence-electron chi connectivity index (χ2n) is 3.90. The number of carbonyl (C=O) groups is 1. The summed E-state index contributed by atoms with van der Waals surface area (Å²) in [7, 11) is 0. The number of nitrogens with zero attached hydrogens (tertiary/aromatic N) is 3. The number of ketones is 1. The van der Waals surface area contributed by atoms with Crippen molar-refractivity contribution in [1.82, 2.24) is 15.0 Å². The molecular formula is C11H6F5N3O. The number of carbonyl (C=O) groups excluding carboxylic acids is 1. The molecule has 2 aromatic rings. The van der Waals surface area contributed by atoms with E-state index < -0.39 is 35.0 Å². The Labute approximate surface area is 108 Å². The van der Waals surface area contributed by atoms with E-state index in [2.05, 4.69) is 10.3 Å². The van der Waals surface area contributed by atoms with Gasteiger partial charge in [0, 0.05) is 0 Å². The zero-order valence-corrected chi connectivity index (χ0v) is 9.87. The van der Waals surface area contributed by atoms with Gasteiger partial charge in [-0.05, 0) is 18.6 Å². The Morgan fingerprint density at radius 2 is 1.90 bits per heavy atom. The van der Waals surface area contributed by atoms with E-state index in [1.807, 2.05) is 0 Å². The maximum atomic E-state index is 13.8. The number of rotatable bonds is 2. The van der Waals surface area contributed by atoms with Gasteiger partial charge in [0.05, 0.1) is 6.20 Å². The Kier molecular flexibility index (Phi) is 3.28. The maximum absolute atomic E-state index is 13.8. The van der Waals surface area contributed by atoms with Gasteiger partial charge in [-0.15, -0.1) is 5.10 Å². The Morgan fingerprint density at radius 1 is 1.25 bits per heavy atom. The van der Waals surface area contributed by atoms with Crippen molar-refractivity contribution in [2.75, 3.05) is 0 Å². The van der Waals surface area contributed by atoms with Crippen LogP contribution < -0.4 is 0 Å². The molecule has 9 heteroatoms. The van der Waals surface area contributed by atoms with Gasteiger partial charge in [-0.25, -0.2) is 13.5 Å². The highest BCUT2D eigenvalue weighted by Gasteiger charge is 2.41. The van der Waals surface area contributed by atoms with Crippen LogP contribution >= 0.6 is 0 Å². The van der Waals surface area contributed by atoms with Crippen molar-refractivity contribution in [3.8, 4) is 5.69 Å². The first kappa shape index (κ1) is 14.1. The van der Waals surface area contributed by atoms with Crippen LogP contribution in [-0.2, 0) is 0 Å². The lowest BCUT2D eigenvalue weighted by molar-refractivity contribution is -0.0888. The number of hydrogen-bond donors (Lipinski definition) is 0. The van der Waals surface area contributed by atoms with Crippen molar-refractivity contribution in [1.29, 1.82) is 0 Å². The summed E-state index contributed by atoms with van der Waals surface area (Å²) >= 11 is 0. The second-order valence-corrected chi connectivity index (χ2v) is 3.90. The molecule has 0 radical (unpaired) electrons. The molecule has 0 aliphatic heterocycles. The van der Waals surface area contributed by atoms with E-state index in [4.69, 9.17) is 0 Å². The molecule has 4 nitrogen and oxygen atoms in total. The second kappa shape index (κ2) is 4.66. The van der Waals surface area contributed by atoms with Crippen LogP contribution in [0.25, 0.3) is 5.69 Å². The lowest BCUT2D eigenvalue weighted by Crippen LogP contribution is -2.23. The van der Waals surface area contributed by atoms with Crippen molar-refractivity contribution in [2.45, 2.75) is 13.1 Å². The minimum absolute atomic E-state index is 0.0700. The molecule has 0 N–H and O–H groups in total. The van der Waals surface area contributed by atoms with Crippen LogP contribution in [0, 0.1) is 18.6 Å². The third-order valence-electron chi connectivity index (χ3n) is 2.47. The Bertz CT molecular complexity index is 677. The molecule has 0 saturated heterocycles. The molecule has 1 heterocycles. The Balaban J connectivity index is 2.50. The first-order valence-electron chi connectivity index (χ1n) is 5.20. The molecule has 0 fully saturated rings. The molecule has 0 atom stereocenters. The molecule has 0 saturated carbocycles. The minimum Gasteiger partial charge on any atom is -0.282 e. The molecule has 0 aliphatic carbocycles. The predicted molar refractivity (Wildman–Crippen MR) is 56.4 cm³/mol. The number of aryl methyl sites for hydroxylation is 1. The average Bonchev–Trinajstić information content (AvgIpc) is 2.81. The molecule has 0 unspecified atom stereocenters. The van der Waals surface area contributed by atoms with Gasteiger partial charge < -0.3 is 0 Å². The zero-order chi connectivity index (χ0) is 15.1. The van der Waals surface area contributed by atoms with Gasteiger partial charge in [0.1, 0.15) is 5.69 Å². The summed E-state index contributed by atoms with van der Waals surface area (Å²) in [6.45, 7) is 1.34. The monoisotopic (exact) mass is 291 g/mol. The molecule has 0 aliphatic rings. The molecule has 106 valence electrons. The van der Waals surface area contributed by atoms with Crippen LogP contribution in [0.15, 0.2) is 18.3 Å². The molecule has 1 aromatic heterocycles. The number of Topliss-reactive ketones (excluding diaryl/α,β-unsaturated/α-hetero) is 1.